The lowest BCUT2D eigenvalue weighted by molar-refractivity contribution is -0.143. The smallest absolute Gasteiger partial charge is 0.326 e. The van der Waals surface area contributed by atoms with Crippen molar-refractivity contribution in [3.63, 3.8) is 0 Å². The maximum absolute atomic E-state index is 11.9. The van der Waals surface area contributed by atoms with Gasteiger partial charge < -0.3 is 15.0 Å². The normalized spacial score (nSPS) is 11.2. The molecule has 0 unspecified atom stereocenters. The summed E-state index contributed by atoms with van der Waals surface area (Å²) in [6.45, 7) is 4.35. The minimum atomic E-state index is -0.293. The van der Waals surface area contributed by atoms with Crippen LogP contribution >= 0.6 is 0 Å². The molecule has 22 heavy (non-hydrogen) atoms. The highest BCUT2D eigenvalue weighted by Crippen LogP contribution is 2.31. The van der Waals surface area contributed by atoms with Crippen molar-refractivity contribution < 1.29 is 9.53 Å². The third kappa shape index (κ3) is 2.26. The highest BCUT2D eigenvalue weighted by molar-refractivity contribution is 6.11. The number of fused-ring (bicyclic) bond motifs is 3. The van der Waals surface area contributed by atoms with E-state index in [-0.39, 0.29) is 12.5 Å². The first-order valence-corrected chi connectivity index (χ1v) is 7.32. The van der Waals surface area contributed by atoms with Crippen LogP contribution in [0.2, 0.25) is 0 Å². The Balaban J connectivity index is 2.28. The van der Waals surface area contributed by atoms with Gasteiger partial charge in [-0.25, -0.2) is 9.97 Å². The predicted molar refractivity (Wildman–Crippen MR) is 85.5 cm³/mol. The number of carbonyl (C=O) groups excluding carboxylic acids is 1. The van der Waals surface area contributed by atoms with Gasteiger partial charge in [0.15, 0.2) is 0 Å². The Kier molecular flexibility index (Phi) is 3.66. The zero-order valence-electron chi connectivity index (χ0n) is 12.7. The van der Waals surface area contributed by atoms with Crippen LogP contribution in [0.3, 0.4) is 0 Å². The first kappa shape index (κ1) is 14.3. The van der Waals surface area contributed by atoms with Gasteiger partial charge in [0, 0.05) is 5.39 Å². The van der Waals surface area contributed by atoms with E-state index in [2.05, 4.69) is 23.0 Å². The summed E-state index contributed by atoms with van der Waals surface area (Å²) in [6.07, 6.45) is 2.34. The highest BCUT2D eigenvalue weighted by Gasteiger charge is 2.17. The SMILES string of the molecule is CCOC(=O)Cn1c2ccc(CC)cc2c2c(N)ncnc21. The van der Waals surface area contributed by atoms with E-state index >= 15 is 0 Å². The van der Waals surface area contributed by atoms with Gasteiger partial charge in [0.25, 0.3) is 0 Å². The molecule has 0 fully saturated rings. The lowest BCUT2D eigenvalue weighted by Crippen LogP contribution is -2.13. The Bertz CT molecular complexity index is 854. The molecule has 2 heterocycles. The molecule has 1 aromatic carbocycles. The molecule has 0 atom stereocenters. The molecule has 0 radical (unpaired) electrons. The van der Waals surface area contributed by atoms with E-state index < -0.39 is 0 Å². The minimum Gasteiger partial charge on any atom is -0.465 e. The minimum absolute atomic E-state index is 0.107. The van der Waals surface area contributed by atoms with Crippen molar-refractivity contribution >= 4 is 33.7 Å². The quantitative estimate of drug-likeness (QED) is 0.747. The van der Waals surface area contributed by atoms with E-state index in [0.29, 0.717) is 18.1 Å². The van der Waals surface area contributed by atoms with Gasteiger partial charge in [-0.15, -0.1) is 0 Å². The number of aromatic nitrogens is 3. The van der Waals surface area contributed by atoms with Gasteiger partial charge in [-0.1, -0.05) is 13.0 Å². The number of hydrogen-bond acceptors (Lipinski definition) is 5. The lowest BCUT2D eigenvalue weighted by atomic mass is 10.1. The van der Waals surface area contributed by atoms with Crippen LogP contribution in [-0.2, 0) is 22.5 Å². The molecule has 0 spiro atoms. The van der Waals surface area contributed by atoms with Crippen LogP contribution in [0.5, 0.6) is 0 Å². The number of esters is 1. The fraction of sp³-hybridized carbons (Fsp3) is 0.312. The van der Waals surface area contributed by atoms with Crippen molar-refractivity contribution in [2.75, 3.05) is 12.3 Å². The van der Waals surface area contributed by atoms with Gasteiger partial charge in [0.2, 0.25) is 0 Å². The number of hydrogen-bond donors (Lipinski definition) is 1. The van der Waals surface area contributed by atoms with Crippen molar-refractivity contribution in [1.82, 2.24) is 14.5 Å². The van der Waals surface area contributed by atoms with Crippen LogP contribution in [0.1, 0.15) is 19.4 Å². The van der Waals surface area contributed by atoms with Gasteiger partial charge in [-0.2, -0.15) is 0 Å². The number of nitrogen functional groups attached to an aromatic ring is 1. The first-order valence-electron chi connectivity index (χ1n) is 7.32. The van der Waals surface area contributed by atoms with Crippen LogP contribution in [0.25, 0.3) is 21.9 Å². The standard InChI is InChI=1S/C16H18N4O2/c1-3-10-5-6-12-11(7-10)14-15(17)18-9-19-16(14)20(12)8-13(21)22-4-2/h5-7,9H,3-4,8H2,1-2H3,(H2,17,18,19). The Labute approximate surface area is 127 Å². The summed E-state index contributed by atoms with van der Waals surface area (Å²) in [5.74, 6) is 0.129. The summed E-state index contributed by atoms with van der Waals surface area (Å²) < 4.78 is 6.89. The summed E-state index contributed by atoms with van der Waals surface area (Å²) >= 11 is 0. The fourth-order valence-electron chi connectivity index (χ4n) is 2.70. The van der Waals surface area contributed by atoms with Gasteiger partial charge >= 0.3 is 5.97 Å². The molecule has 2 aromatic heterocycles. The maximum atomic E-state index is 11.9. The zero-order chi connectivity index (χ0) is 15.7. The van der Waals surface area contributed by atoms with E-state index in [0.717, 1.165) is 22.7 Å². The van der Waals surface area contributed by atoms with Gasteiger partial charge in [0.05, 0.1) is 17.5 Å². The van der Waals surface area contributed by atoms with Crippen LogP contribution in [0.4, 0.5) is 5.82 Å². The molecule has 6 nitrogen and oxygen atoms in total. The van der Waals surface area contributed by atoms with E-state index in [4.69, 9.17) is 10.5 Å². The molecule has 0 saturated carbocycles. The average molecular weight is 298 g/mol. The molecular weight excluding hydrogens is 280 g/mol. The number of carbonyl (C=O) groups is 1. The second-order valence-corrected chi connectivity index (χ2v) is 5.05. The Morgan fingerprint density at radius 3 is 2.86 bits per heavy atom. The van der Waals surface area contributed by atoms with E-state index in [1.807, 2.05) is 16.7 Å². The van der Waals surface area contributed by atoms with Crippen LogP contribution in [0, 0.1) is 0 Å². The number of ether oxygens (including phenoxy) is 1. The number of rotatable bonds is 4. The number of aryl methyl sites for hydroxylation is 1. The first-order chi connectivity index (χ1) is 10.7. The van der Waals surface area contributed by atoms with Crippen LogP contribution < -0.4 is 5.73 Å². The molecular formula is C16H18N4O2. The van der Waals surface area contributed by atoms with Gasteiger partial charge in [-0.3, -0.25) is 4.79 Å². The Morgan fingerprint density at radius 1 is 1.32 bits per heavy atom. The Morgan fingerprint density at radius 2 is 2.14 bits per heavy atom. The topological polar surface area (TPSA) is 83.0 Å². The highest BCUT2D eigenvalue weighted by atomic mass is 16.5. The summed E-state index contributed by atoms with van der Waals surface area (Å²) in [6, 6.07) is 6.13. The summed E-state index contributed by atoms with van der Waals surface area (Å²) in [7, 11) is 0. The third-order valence-electron chi connectivity index (χ3n) is 3.73. The van der Waals surface area contributed by atoms with Crippen molar-refractivity contribution in [3.05, 3.63) is 30.1 Å². The Hall–Kier alpha value is -2.63. The van der Waals surface area contributed by atoms with Crippen LogP contribution in [0.15, 0.2) is 24.5 Å². The molecule has 3 aromatic rings. The lowest BCUT2D eigenvalue weighted by Gasteiger charge is -2.06. The number of nitrogens with zero attached hydrogens (tertiary/aromatic N) is 3. The molecule has 0 aliphatic carbocycles. The largest absolute Gasteiger partial charge is 0.465 e. The van der Waals surface area contributed by atoms with E-state index in [1.54, 1.807) is 6.92 Å². The molecule has 0 aliphatic rings. The van der Waals surface area contributed by atoms with Crippen LogP contribution in [-0.4, -0.2) is 27.1 Å². The van der Waals surface area contributed by atoms with Crippen molar-refractivity contribution in [3.8, 4) is 0 Å². The van der Waals surface area contributed by atoms with Gasteiger partial charge in [0.1, 0.15) is 24.3 Å². The molecule has 6 heteroatoms. The monoisotopic (exact) mass is 298 g/mol. The second-order valence-electron chi connectivity index (χ2n) is 5.05. The van der Waals surface area contributed by atoms with E-state index in [9.17, 15) is 4.79 Å². The van der Waals surface area contributed by atoms with Crippen molar-refractivity contribution in [2.45, 2.75) is 26.8 Å². The fourth-order valence-corrected chi connectivity index (χ4v) is 2.70. The molecule has 0 amide bonds. The summed E-state index contributed by atoms with van der Waals surface area (Å²) in [4.78, 5) is 20.3. The molecule has 0 saturated heterocycles. The summed E-state index contributed by atoms with van der Waals surface area (Å²) in [5.41, 5.74) is 8.80. The number of anilines is 1. The second kappa shape index (κ2) is 5.63. The maximum Gasteiger partial charge on any atom is 0.326 e. The number of nitrogens with two attached hydrogens (primary N) is 1. The number of benzene rings is 1. The summed E-state index contributed by atoms with van der Waals surface area (Å²) in [5, 5.41) is 1.76. The van der Waals surface area contributed by atoms with Crippen molar-refractivity contribution in [1.29, 1.82) is 0 Å². The van der Waals surface area contributed by atoms with Crippen molar-refractivity contribution in [2.24, 2.45) is 0 Å². The van der Waals surface area contributed by atoms with Gasteiger partial charge in [-0.05, 0) is 31.0 Å². The molecule has 0 aliphatic heterocycles. The van der Waals surface area contributed by atoms with E-state index in [1.165, 1.54) is 11.9 Å². The average Bonchev–Trinajstić information content (AvgIpc) is 2.82. The zero-order valence-corrected chi connectivity index (χ0v) is 12.7. The third-order valence-corrected chi connectivity index (χ3v) is 3.73. The predicted octanol–water partition coefficient (Wildman–Crippen LogP) is 2.29. The molecule has 3 rings (SSSR count). The molecule has 0 bridgehead atoms. The molecule has 2 N–H and O–H groups in total. The molecule has 114 valence electrons.